The van der Waals surface area contributed by atoms with Gasteiger partial charge in [-0.15, -0.1) is 0 Å². The molecule has 9 nitrogen and oxygen atoms in total. The lowest BCUT2D eigenvalue weighted by Gasteiger charge is -2.09. The fourth-order valence-electron chi connectivity index (χ4n) is 2.48. The molecular formula is C18H19ClFN7O2. The van der Waals surface area contributed by atoms with E-state index in [0.29, 0.717) is 41.1 Å². The number of halogens is 2. The highest BCUT2D eigenvalue weighted by Gasteiger charge is 2.08. The van der Waals surface area contributed by atoms with Gasteiger partial charge in [0.05, 0.1) is 18.1 Å². The number of carbonyl (C=O) groups excluding carboxylic acids is 1. The van der Waals surface area contributed by atoms with E-state index in [4.69, 9.17) is 16.8 Å². The lowest BCUT2D eigenvalue weighted by molar-refractivity contribution is -0.129. The molecule has 0 saturated heterocycles. The van der Waals surface area contributed by atoms with Gasteiger partial charge in [0.1, 0.15) is 10.8 Å². The van der Waals surface area contributed by atoms with Crippen molar-refractivity contribution in [3.05, 3.63) is 53.7 Å². The van der Waals surface area contributed by atoms with Gasteiger partial charge in [-0.3, -0.25) is 14.7 Å². The van der Waals surface area contributed by atoms with Gasteiger partial charge in [0.15, 0.2) is 5.82 Å². The van der Waals surface area contributed by atoms with Crippen LogP contribution in [-0.2, 0) is 11.3 Å². The average Bonchev–Trinajstić information content (AvgIpc) is 3.16. The number of rotatable bonds is 9. The third kappa shape index (κ3) is 6.13. The molecule has 0 atom stereocenters. The summed E-state index contributed by atoms with van der Waals surface area (Å²) < 4.78 is 14.8. The molecule has 0 aliphatic heterocycles. The number of aryl methyl sites for hydroxylation is 1. The second-order valence-corrected chi connectivity index (χ2v) is 6.54. The highest BCUT2D eigenvalue weighted by molar-refractivity contribution is 6.32. The van der Waals surface area contributed by atoms with Gasteiger partial charge in [-0.05, 0) is 37.1 Å². The zero-order valence-electron chi connectivity index (χ0n) is 15.3. The Balaban J connectivity index is 1.58. The van der Waals surface area contributed by atoms with Gasteiger partial charge in [0.2, 0.25) is 11.9 Å². The van der Waals surface area contributed by atoms with Crippen LogP contribution < -0.4 is 16.1 Å². The van der Waals surface area contributed by atoms with Crippen molar-refractivity contribution in [2.24, 2.45) is 0 Å². The van der Waals surface area contributed by atoms with Crippen LogP contribution in [0.2, 0.25) is 5.02 Å². The molecule has 0 unspecified atom stereocenters. The third-order valence-corrected chi connectivity index (χ3v) is 4.18. The van der Waals surface area contributed by atoms with Crippen molar-refractivity contribution in [3.63, 3.8) is 0 Å². The standard InChI is InChI=1S/C18H19ClFN7O2/c19-15-10-21-18(25-17(15)23-13-6-4-12(20)5-7-13)24-14-9-22-27(11-14)8-2-1-3-16(28)26-29/h4-7,9-11,29H,1-3,8H2,(H,26,28)(H2,21,23,24,25). The Kier molecular flexibility index (Phi) is 6.93. The van der Waals surface area contributed by atoms with Gasteiger partial charge in [-0.25, -0.2) is 14.9 Å². The Morgan fingerprint density at radius 1 is 1.14 bits per heavy atom. The fourth-order valence-corrected chi connectivity index (χ4v) is 2.62. The maximum Gasteiger partial charge on any atom is 0.243 e. The molecule has 152 valence electrons. The van der Waals surface area contributed by atoms with E-state index < -0.39 is 5.91 Å². The van der Waals surface area contributed by atoms with E-state index in [-0.39, 0.29) is 12.2 Å². The van der Waals surface area contributed by atoms with Crippen LogP contribution in [0.5, 0.6) is 0 Å². The summed E-state index contributed by atoms with van der Waals surface area (Å²) in [4.78, 5) is 19.5. The largest absolute Gasteiger partial charge is 0.339 e. The molecule has 11 heteroatoms. The minimum absolute atomic E-state index is 0.255. The van der Waals surface area contributed by atoms with E-state index >= 15 is 0 Å². The third-order valence-electron chi connectivity index (χ3n) is 3.91. The van der Waals surface area contributed by atoms with E-state index in [1.54, 1.807) is 34.7 Å². The lowest BCUT2D eigenvalue weighted by atomic mass is 10.2. The number of hydrogen-bond donors (Lipinski definition) is 4. The summed E-state index contributed by atoms with van der Waals surface area (Å²) >= 11 is 6.14. The topological polar surface area (TPSA) is 117 Å². The Bertz CT molecular complexity index is 965. The zero-order valence-corrected chi connectivity index (χ0v) is 16.0. The summed E-state index contributed by atoms with van der Waals surface area (Å²) in [5.74, 6) is -0.0402. The first-order chi connectivity index (χ1) is 14.0. The van der Waals surface area contributed by atoms with Gasteiger partial charge < -0.3 is 10.6 Å². The number of hydrogen-bond acceptors (Lipinski definition) is 7. The van der Waals surface area contributed by atoms with Crippen LogP contribution in [0.15, 0.2) is 42.9 Å². The first kappa shape index (κ1) is 20.5. The molecule has 0 saturated carbocycles. The maximum atomic E-state index is 13.0. The highest BCUT2D eigenvalue weighted by Crippen LogP contribution is 2.25. The van der Waals surface area contributed by atoms with Crippen molar-refractivity contribution in [3.8, 4) is 0 Å². The molecule has 3 aromatic rings. The summed E-state index contributed by atoms with van der Waals surface area (Å²) in [6, 6.07) is 5.83. The molecule has 0 aliphatic carbocycles. The minimum Gasteiger partial charge on any atom is -0.339 e. The summed E-state index contributed by atoms with van der Waals surface area (Å²) in [6.45, 7) is 0.624. The number of benzene rings is 1. The molecule has 4 N–H and O–H groups in total. The number of unbranched alkanes of at least 4 members (excludes halogenated alkanes) is 1. The van der Waals surface area contributed by atoms with Crippen molar-refractivity contribution >= 4 is 40.6 Å². The molecule has 2 aromatic heterocycles. The molecule has 1 amide bonds. The molecule has 0 radical (unpaired) electrons. The highest BCUT2D eigenvalue weighted by atomic mass is 35.5. The SMILES string of the molecule is O=C(CCCCn1cc(Nc2ncc(Cl)c(Nc3ccc(F)cc3)n2)cn1)NO. The number of nitrogens with zero attached hydrogens (tertiary/aromatic N) is 4. The Morgan fingerprint density at radius 3 is 2.69 bits per heavy atom. The summed E-state index contributed by atoms with van der Waals surface area (Å²) in [6.07, 6.45) is 6.50. The van der Waals surface area contributed by atoms with Crippen LogP contribution in [0.25, 0.3) is 0 Å². The second kappa shape index (κ2) is 9.80. The molecule has 0 aliphatic rings. The average molecular weight is 420 g/mol. The predicted octanol–water partition coefficient (Wildman–Crippen LogP) is 3.63. The molecule has 3 rings (SSSR count). The first-order valence-electron chi connectivity index (χ1n) is 8.81. The Labute approximate surface area is 170 Å². The quantitative estimate of drug-likeness (QED) is 0.237. The van der Waals surface area contributed by atoms with Gasteiger partial charge in [-0.2, -0.15) is 10.1 Å². The monoisotopic (exact) mass is 419 g/mol. The second-order valence-electron chi connectivity index (χ2n) is 6.13. The fraction of sp³-hybridized carbons (Fsp3) is 0.222. The molecule has 1 aromatic carbocycles. The van der Waals surface area contributed by atoms with Crippen molar-refractivity contribution < 1.29 is 14.4 Å². The van der Waals surface area contributed by atoms with Crippen molar-refractivity contribution in [2.75, 3.05) is 10.6 Å². The zero-order chi connectivity index (χ0) is 20.6. The van der Waals surface area contributed by atoms with Crippen LogP contribution >= 0.6 is 11.6 Å². The van der Waals surface area contributed by atoms with Gasteiger partial charge in [0.25, 0.3) is 0 Å². The van der Waals surface area contributed by atoms with E-state index in [1.165, 1.54) is 18.3 Å². The minimum atomic E-state index is -0.405. The molecule has 0 bridgehead atoms. The molecule has 29 heavy (non-hydrogen) atoms. The summed E-state index contributed by atoms with van der Waals surface area (Å²) in [7, 11) is 0. The van der Waals surface area contributed by atoms with E-state index in [0.717, 1.165) is 6.42 Å². The van der Waals surface area contributed by atoms with E-state index in [9.17, 15) is 9.18 Å². The first-order valence-corrected chi connectivity index (χ1v) is 9.19. The summed E-state index contributed by atoms with van der Waals surface area (Å²) in [5, 5.41) is 19.1. The van der Waals surface area contributed by atoms with Gasteiger partial charge in [-0.1, -0.05) is 11.6 Å². The molecular weight excluding hydrogens is 401 g/mol. The lowest BCUT2D eigenvalue weighted by Crippen LogP contribution is -2.18. The van der Waals surface area contributed by atoms with Crippen LogP contribution in [0, 0.1) is 5.82 Å². The molecule has 0 spiro atoms. The number of nitrogens with one attached hydrogen (secondary N) is 3. The van der Waals surface area contributed by atoms with Crippen LogP contribution in [0.3, 0.4) is 0 Å². The normalized spacial score (nSPS) is 10.6. The van der Waals surface area contributed by atoms with Crippen molar-refractivity contribution in [2.45, 2.75) is 25.8 Å². The summed E-state index contributed by atoms with van der Waals surface area (Å²) in [5.41, 5.74) is 2.93. The molecule has 2 heterocycles. The van der Waals surface area contributed by atoms with Crippen LogP contribution in [-0.4, -0.2) is 30.9 Å². The predicted molar refractivity (Wildman–Crippen MR) is 106 cm³/mol. The Morgan fingerprint density at radius 2 is 1.93 bits per heavy atom. The van der Waals surface area contributed by atoms with Gasteiger partial charge in [0, 0.05) is 24.8 Å². The van der Waals surface area contributed by atoms with Crippen LogP contribution in [0.4, 0.5) is 27.5 Å². The van der Waals surface area contributed by atoms with Crippen LogP contribution in [0.1, 0.15) is 19.3 Å². The number of amides is 1. The number of carbonyl (C=O) groups is 1. The Hall–Kier alpha value is -3.24. The number of hydroxylamine groups is 1. The van der Waals surface area contributed by atoms with E-state index in [2.05, 4.69) is 25.7 Å². The van der Waals surface area contributed by atoms with Crippen molar-refractivity contribution in [1.82, 2.24) is 25.2 Å². The van der Waals surface area contributed by atoms with E-state index in [1.807, 2.05) is 0 Å². The van der Waals surface area contributed by atoms with Crippen molar-refractivity contribution in [1.29, 1.82) is 0 Å². The number of anilines is 4. The van der Waals surface area contributed by atoms with Gasteiger partial charge >= 0.3 is 0 Å². The molecule has 0 fully saturated rings. The maximum absolute atomic E-state index is 13.0. The number of aromatic nitrogens is 4. The smallest absolute Gasteiger partial charge is 0.243 e.